The first kappa shape index (κ1) is 20.5. The maximum absolute atomic E-state index is 12.3. The first-order valence-corrected chi connectivity index (χ1v) is 8.89. The summed E-state index contributed by atoms with van der Waals surface area (Å²) in [5, 5.41) is 3.21. The van der Waals surface area contributed by atoms with Crippen LogP contribution in [0.4, 0.5) is 11.4 Å². The van der Waals surface area contributed by atoms with Crippen LogP contribution in [-0.4, -0.2) is 30.9 Å². The van der Waals surface area contributed by atoms with E-state index < -0.39 is 5.97 Å². The van der Waals surface area contributed by atoms with Gasteiger partial charge in [-0.3, -0.25) is 9.59 Å². The fourth-order valence-corrected chi connectivity index (χ4v) is 2.70. The van der Waals surface area contributed by atoms with Crippen LogP contribution in [0.3, 0.4) is 0 Å². The van der Waals surface area contributed by atoms with E-state index in [1.165, 1.54) is 11.8 Å². The van der Waals surface area contributed by atoms with Crippen molar-refractivity contribution in [3.05, 3.63) is 59.1 Å². The topological polar surface area (TPSA) is 75.7 Å². The molecule has 0 bridgehead atoms. The van der Waals surface area contributed by atoms with Gasteiger partial charge in [-0.1, -0.05) is 29.8 Å². The van der Waals surface area contributed by atoms with Crippen molar-refractivity contribution >= 4 is 40.8 Å². The third-order valence-corrected chi connectivity index (χ3v) is 3.99. The maximum atomic E-state index is 12.3. The van der Waals surface area contributed by atoms with Gasteiger partial charge in [0.05, 0.1) is 17.9 Å². The van der Waals surface area contributed by atoms with Crippen LogP contribution in [0.5, 0.6) is 0 Å². The second-order valence-corrected chi connectivity index (χ2v) is 6.15. The van der Waals surface area contributed by atoms with Gasteiger partial charge in [-0.15, -0.1) is 0 Å². The summed E-state index contributed by atoms with van der Waals surface area (Å²) in [6.45, 7) is 3.57. The van der Waals surface area contributed by atoms with Crippen LogP contribution in [0.2, 0.25) is 5.02 Å². The van der Waals surface area contributed by atoms with E-state index in [-0.39, 0.29) is 37.0 Å². The Morgan fingerprint density at radius 2 is 1.85 bits per heavy atom. The van der Waals surface area contributed by atoms with Crippen LogP contribution in [0, 0.1) is 0 Å². The minimum absolute atomic E-state index is 0.0588. The number of benzene rings is 2. The molecule has 2 amide bonds. The number of hydrogen-bond acceptors (Lipinski definition) is 4. The molecule has 27 heavy (non-hydrogen) atoms. The Balaban J connectivity index is 2.05. The highest BCUT2D eigenvalue weighted by atomic mass is 35.5. The number of nitrogens with one attached hydrogen (secondary N) is 1. The van der Waals surface area contributed by atoms with E-state index >= 15 is 0 Å². The zero-order valence-corrected chi connectivity index (χ0v) is 16.0. The molecule has 6 nitrogen and oxygen atoms in total. The summed E-state index contributed by atoms with van der Waals surface area (Å²) in [5.74, 6) is -1.02. The molecule has 0 unspecified atom stereocenters. The zero-order valence-electron chi connectivity index (χ0n) is 15.2. The second-order valence-electron chi connectivity index (χ2n) is 5.71. The molecule has 0 radical (unpaired) electrons. The number of hydrogen-bond donors (Lipinski definition) is 1. The first-order chi connectivity index (χ1) is 12.9. The minimum Gasteiger partial charge on any atom is -0.462 e. The Bertz CT molecular complexity index is 838. The summed E-state index contributed by atoms with van der Waals surface area (Å²) >= 11 is 5.98. The smallest absolute Gasteiger partial charge is 0.340 e. The predicted molar refractivity (Wildman–Crippen MR) is 105 cm³/mol. The molecule has 2 rings (SSSR count). The fourth-order valence-electron chi connectivity index (χ4n) is 2.52. The Hall–Kier alpha value is -2.86. The van der Waals surface area contributed by atoms with Gasteiger partial charge in [0.25, 0.3) is 0 Å². The summed E-state index contributed by atoms with van der Waals surface area (Å²) in [7, 11) is 0. The van der Waals surface area contributed by atoms with Gasteiger partial charge in [-0.2, -0.15) is 0 Å². The lowest BCUT2D eigenvalue weighted by atomic mass is 10.1. The molecular formula is C20H21ClN2O4. The normalized spacial score (nSPS) is 10.2. The number of para-hydroxylation sites is 1. The largest absolute Gasteiger partial charge is 0.462 e. The van der Waals surface area contributed by atoms with Gasteiger partial charge in [-0.05, 0) is 37.3 Å². The van der Waals surface area contributed by atoms with Gasteiger partial charge in [0.15, 0.2) is 0 Å². The molecule has 0 saturated heterocycles. The number of anilines is 2. The third kappa shape index (κ3) is 5.82. The monoisotopic (exact) mass is 388 g/mol. The van der Waals surface area contributed by atoms with E-state index in [1.54, 1.807) is 55.5 Å². The standard InChI is InChI=1S/C20H21ClN2O4/c1-3-27-20(26)17-9-4-5-10-18(17)22-19(25)11-12-23(14(2)24)16-8-6-7-15(21)13-16/h4-10,13H,3,11-12H2,1-2H3,(H,22,25). The van der Waals surface area contributed by atoms with E-state index in [1.807, 2.05) is 0 Å². The average molecular weight is 389 g/mol. The van der Waals surface area contributed by atoms with Crippen LogP contribution in [0.15, 0.2) is 48.5 Å². The summed E-state index contributed by atoms with van der Waals surface area (Å²) < 4.78 is 4.99. The van der Waals surface area contributed by atoms with Crippen molar-refractivity contribution in [3.8, 4) is 0 Å². The van der Waals surface area contributed by atoms with Gasteiger partial charge in [0, 0.05) is 30.6 Å². The van der Waals surface area contributed by atoms with Crippen molar-refractivity contribution < 1.29 is 19.1 Å². The number of ether oxygens (including phenoxy) is 1. The quantitative estimate of drug-likeness (QED) is 0.730. The first-order valence-electron chi connectivity index (χ1n) is 8.52. The molecule has 0 aliphatic rings. The maximum Gasteiger partial charge on any atom is 0.340 e. The summed E-state index contributed by atoms with van der Waals surface area (Å²) in [6.07, 6.45) is 0.0588. The van der Waals surface area contributed by atoms with Crippen molar-refractivity contribution in [2.24, 2.45) is 0 Å². The minimum atomic E-state index is -0.502. The Morgan fingerprint density at radius 3 is 2.52 bits per heavy atom. The molecule has 0 aliphatic carbocycles. The number of nitrogens with zero attached hydrogens (tertiary/aromatic N) is 1. The van der Waals surface area contributed by atoms with Crippen molar-refractivity contribution in [1.82, 2.24) is 0 Å². The lowest BCUT2D eigenvalue weighted by Crippen LogP contribution is -2.32. The second kappa shape index (κ2) is 9.73. The third-order valence-electron chi connectivity index (χ3n) is 3.76. The fraction of sp³-hybridized carbons (Fsp3) is 0.250. The molecule has 0 atom stereocenters. The zero-order chi connectivity index (χ0) is 19.8. The Kier molecular flexibility index (Phi) is 7.37. The molecule has 7 heteroatoms. The lowest BCUT2D eigenvalue weighted by Gasteiger charge is -2.21. The number of carbonyl (C=O) groups is 3. The molecule has 2 aromatic carbocycles. The Labute approximate surface area is 163 Å². The number of halogens is 1. The highest BCUT2D eigenvalue weighted by molar-refractivity contribution is 6.30. The molecule has 0 aliphatic heterocycles. The molecule has 2 aromatic rings. The van der Waals surface area contributed by atoms with Gasteiger partial charge in [-0.25, -0.2) is 4.79 Å². The van der Waals surface area contributed by atoms with Crippen molar-refractivity contribution in [2.45, 2.75) is 20.3 Å². The lowest BCUT2D eigenvalue weighted by molar-refractivity contribution is -0.117. The molecule has 0 fully saturated rings. The van der Waals surface area contributed by atoms with Crippen molar-refractivity contribution in [3.63, 3.8) is 0 Å². The molecule has 0 saturated carbocycles. The molecule has 142 valence electrons. The van der Waals surface area contributed by atoms with Crippen molar-refractivity contribution in [2.75, 3.05) is 23.4 Å². The number of esters is 1. The number of rotatable bonds is 7. The molecule has 1 N–H and O–H groups in total. The molecular weight excluding hydrogens is 368 g/mol. The van der Waals surface area contributed by atoms with Crippen LogP contribution in [0.1, 0.15) is 30.6 Å². The van der Waals surface area contributed by atoms with Crippen LogP contribution < -0.4 is 10.2 Å². The van der Waals surface area contributed by atoms with Crippen LogP contribution in [-0.2, 0) is 14.3 Å². The van der Waals surface area contributed by atoms with Crippen LogP contribution >= 0.6 is 11.6 Å². The SMILES string of the molecule is CCOC(=O)c1ccccc1NC(=O)CCN(C(C)=O)c1cccc(Cl)c1. The molecule has 0 aromatic heterocycles. The Morgan fingerprint density at radius 1 is 1.11 bits per heavy atom. The van der Waals surface area contributed by atoms with Gasteiger partial charge < -0.3 is 15.0 Å². The number of carbonyl (C=O) groups excluding carboxylic acids is 3. The summed E-state index contributed by atoms with van der Waals surface area (Å²) in [4.78, 5) is 37.7. The van der Waals surface area contributed by atoms with E-state index in [4.69, 9.17) is 16.3 Å². The average Bonchev–Trinajstić information content (AvgIpc) is 2.62. The predicted octanol–water partition coefficient (Wildman–Crippen LogP) is 3.90. The van der Waals surface area contributed by atoms with E-state index in [9.17, 15) is 14.4 Å². The van der Waals surface area contributed by atoms with E-state index in [2.05, 4.69) is 5.32 Å². The van der Waals surface area contributed by atoms with Gasteiger partial charge in [0.2, 0.25) is 11.8 Å². The van der Waals surface area contributed by atoms with Crippen LogP contribution in [0.25, 0.3) is 0 Å². The highest BCUT2D eigenvalue weighted by Gasteiger charge is 2.16. The summed E-state index contributed by atoms with van der Waals surface area (Å²) in [5.41, 5.74) is 1.28. The van der Waals surface area contributed by atoms with E-state index in [0.717, 1.165) is 0 Å². The van der Waals surface area contributed by atoms with Gasteiger partial charge in [0.1, 0.15) is 0 Å². The van der Waals surface area contributed by atoms with Gasteiger partial charge >= 0.3 is 5.97 Å². The van der Waals surface area contributed by atoms with Crippen molar-refractivity contribution in [1.29, 1.82) is 0 Å². The molecule has 0 heterocycles. The molecule has 0 spiro atoms. The van der Waals surface area contributed by atoms with E-state index in [0.29, 0.717) is 16.4 Å². The number of amides is 2. The highest BCUT2D eigenvalue weighted by Crippen LogP contribution is 2.21. The summed E-state index contributed by atoms with van der Waals surface area (Å²) in [6, 6.07) is 13.5.